The molecule has 5 nitrogen and oxygen atoms in total. The number of carbonyl (C=O) groups excluding carboxylic acids is 2. The van der Waals surface area contributed by atoms with Gasteiger partial charge in [-0.25, -0.2) is 0 Å². The molecule has 2 amide bonds. The number of carbonyl (C=O) groups is 2. The Labute approximate surface area is 134 Å². The fraction of sp³-hybridized carbons (Fsp3) is 0.467. The summed E-state index contributed by atoms with van der Waals surface area (Å²) in [5, 5.41) is 3.12. The Hall–Kier alpha value is -1.40. The van der Waals surface area contributed by atoms with Crippen molar-refractivity contribution in [3.05, 3.63) is 33.8 Å². The lowest BCUT2D eigenvalue weighted by molar-refractivity contribution is -0.130. The minimum absolute atomic E-state index is 0.0448. The van der Waals surface area contributed by atoms with Gasteiger partial charge >= 0.3 is 0 Å². The average Bonchev–Trinajstić information content (AvgIpc) is 2.44. The number of rotatable bonds is 5. The van der Waals surface area contributed by atoms with Crippen LogP contribution in [0.1, 0.15) is 37.9 Å². The van der Waals surface area contributed by atoms with Gasteiger partial charge in [0.2, 0.25) is 5.91 Å². The van der Waals surface area contributed by atoms with Crippen molar-refractivity contribution in [1.82, 2.24) is 16.2 Å². The molecule has 0 radical (unpaired) electrons. The lowest BCUT2D eigenvalue weighted by Gasteiger charge is -2.15. The maximum absolute atomic E-state index is 11.6. The number of benzene rings is 1. The van der Waals surface area contributed by atoms with Crippen LogP contribution < -0.4 is 16.2 Å². The zero-order valence-electron chi connectivity index (χ0n) is 12.8. The van der Waals surface area contributed by atoms with E-state index in [-0.39, 0.29) is 30.3 Å². The molecule has 6 heteroatoms. The third-order valence-electron chi connectivity index (χ3n) is 3.10. The molecular weight excluding hydrogens is 334 g/mol. The Bertz CT molecular complexity index is 518. The summed E-state index contributed by atoms with van der Waals surface area (Å²) in [6.07, 6.45) is 0. The molecule has 0 aliphatic rings. The first-order valence-electron chi connectivity index (χ1n) is 6.89. The normalized spacial score (nSPS) is 12.1. The van der Waals surface area contributed by atoms with E-state index in [2.05, 4.69) is 38.2 Å². The first-order valence-corrected chi connectivity index (χ1v) is 7.68. The lowest BCUT2D eigenvalue weighted by atomic mass is 10.1. The topological polar surface area (TPSA) is 70.2 Å². The minimum Gasteiger partial charge on any atom is -0.302 e. The van der Waals surface area contributed by atoms with E-state index >= 15 is 0 Å². The summed E-state index contributed by atoms with van der Waals surface area (Å²) in [5.41, 5.74) is 7.01. The molecule has 1 rings (SSSR count). The number of hydrogen-bond donors (Lipinski definition) is 3. The van der Waals surface area contributed by atoms with Crippen LogP contribution in [0.3, 0.4) is 0 Å². The number of nitrogens with one attached hydrogen (secondary N) is 3. The molecular formula is C15H22BrN3O2. The molecule has 0 aromatic heterocycles. The highest BCUT2D eigenvalue weighted by molar-refractivity contribution is 9.10. The number of aryl methyl sites for hydroxylation is 1. The van der Waals surface area contributed by atoms with Gasteiger partial charge in [-0.3, -0.25) is 20.4 Å². The van der Waals surface area contributed by atoms with Gasteiger partial charge in [0.15, 0.2) is 0 Å². The highest BCUT2D eigenvalue weighted by atomic mass is 79.9. The highest BCUT2D eigenvalue weighted by Crippen LogP contribution is 2.20. The zero-order valence-corrected chi connectivity index (χ0v) is 14.4. The quantitative estimate of drug-likeness (QED) is 0.709. The monoisotopic (exact) mass is 355 g/mol. The van der Waals surface area contributed by atoms with E-state index in [1.165, 1.54) is 0 Å². The maximum atomic E-state index is 11.6. The Kier molecular flexibility index (Phi) is 6.84. The van der Waals surface area contributed by atoms with Gasteiger partial charge in [0.05, 0.1) is 6.54 Å². The van der Waals surface area contributed by atoms with Crippen molar-refractivity contribution in [2.75, 3.05) is 6.54 Å². The summed E-state index contributed by atoms with van der Waals surface area (Å²) < 4.78 is 1.06. The zero-order chi connectivity index (χ0) is 16.0. The molecule has 0 aliphatic heterocycles. The summed E-state index contributed by atoms with van der Waals surface area (Å²) in [6, 6.07) is 6.11. The molecule has 0 saturated carbocycles. The largest absolute Gasteiger partial charge is 0.302 e. The second-order valence-corrected chi connectivity index (χ2v) is 6.16. The predicted octanol–water partition coefficient (Wildman–Crippen LogP) is 2.21. The van der Waals surface area contributed by atoms with Crippen LogP contribution >= 0.6 is 15.9 Å². The second kappa shape index (κ2) is 8.14. The van der Waals surface area contributed by atoms with E-state index < -0.39 is 0 Å². The molecule has 0 aliphatic carbocycles. The van der Waals surface area contributed by atoms with Crippen molar-refractivity contribution in [2.45, 2.75) is 33.7 Å². The molecule has 0 bridgehead atoms. The van der Waals surface area contributed by atoms with Crippen LogP contribution in [0.4, 0.5) is 0 Å². The van der Waals surface area contributed by atoms with Crippen LogP contribution in [0.5, 0.6) is 0 Å². The lowest BCUT2D eigenvalue weighted by Crippen LogP contribution is -2.47. The Morgan fingerprint density at radius 2 is 1.86 bits per heavy atom. The molecule has 0 unspecified atom stereocenters. The van der Waals surface area contributed by atoms with E-state index in [9.17, 15) is 9.59 Å². The SMILES string of the molecule is Cc1cc([C@@H](C)NCC(=O)NNC(=O)C(C)C)ccc1Br. The Balaban J connectivity index is 2.41. The molecule has 1 aromatic rings. The molecule has 21 heavy (non-hydrogen) atoms. The van der Waals surface area contributed by atoms with Crippen molar-refractivity contribution in [1.29, 1.82) is 0 Å². The predicted molar refractivity (Wildman–Crippen MR) is 86.4 cm³/mol. The highest BCUT2D eigenvalue weighted by Gasteiger charge is 2.10. The number of hydrogen-bond acceptors (Lipinski definition) is 3. The van der Waals surface area contributed by atoms with Crippen molar-refractivity contribution >= 4 is 27.7 Å². The van der Waals surface area contributed by atoms with Crippen molar-refractivity contribution in [3.8, 4) is 0 Å². The van der Waals surface area contributed by atoms with Gasteiger partial charge in [-0.1, -0.05) is 41.9 Å². The first kappa shape index (κ1) is 17.7. The average molecular weight is 356 g/mol. The smallest absolute Gasteiger partial charge is 0.252 e. The third-order valence-corrected chi connectivity index (χ3v) is 3.99. The maximum Gasteiger partial charge on any atom is 0.252 e. The molecule has 0 saturated heterocycles. The van der Waals surface area contributed by atoms with Crippen LogP contribution in [0.15, 0.2) is 22.7 Å². The molecule has 0 heterocycles. The molecule has 1 aromatic carbocycles. The molecule has 0 fully saturated rings. The van der Waals surface area contributed by atoms with Crippen LogP contribution in [-0.2, 0) is 9.59 Å². The van der Waals surface area contributed by atoms with Crippen LogP contribution in [0.25, 0.3) is 0 Å². The summed E-state index contributed by atoms with van der Waals surface area (Å²) in [6.45, 7) is 7.67. The van der Waals surface area contributed by atoms with Crippen molar-refractivity contribution in [3.63, 3.8) is 0 Å². The van der Waals surface area contributed by atoms with Crippen LogP contribution in [0, 0.1) is 12.8 Å². The van der Waals surface area contributed by atoms with Gasteiger partial charge < -0.3 is 5.32 Å². The van der Waals surface area contributed by atoms with Gasteiger partial charge in [-0.05, 0) is 31.0 Å². The first-order chi connectivity index (χ1) is 9.81. The number of halogens is 1. The van der Waals surface area contributed by atoms with E-state index in [0.717, 1.165) is 15.6 Å². The summed E-state index contributed by atoms with van der Waals surface area (Å²) in [5.74, 6) is -0.646. The third kappa shape index (κ3) is 5.85. The summed E-state index contributed by atoms with van der Waals surface area (Å²) in [7, 11) is 0. The second-order valence-electron chi connectivity index (χ2n) is 5.30. The Morgan fingerprint density at radius 3 is 2.43 bits per heavy atom. The summed E-state index contributed by atoms with van der Waals surface area (Å²) in [4.78, 5) is 23.0. The van der Waals surface area contributed by atoms with Crippen LogP contribution in [0.2, 0.25) is 0 Å². The van der Waals surface area contributed by atoms with E-state index in [1.807, 2.05) is 26.0 Å². The summed E-state index contributed by atoms with van der Waals surface area (Å²) >= 11 is 3.46. The fourth-order valence-corrected chi connectivity index (χ4v) is 1.87. The van der Waals surface area contributed by atoms with E-state index in [0.29, 0.717) is 0 Å². The van der Waals surface area contributed by atoms with Gasteiger partial charge in [0.25, 0.3) is 5.91 Å². The van der Waals surface area contributed by atoms with Gasteiger partial charge in [0, 0.05) is 16.4 Å². The van der Waals surface area contributed by atoms with Crippen molar-refractivity contribution < 1.29 is 9.59 Å². The van der Waals surface area contributed by atoms with Crippen molar-refractivity contribution in [2.24, 2.45) is 5.92 Å². The van der Waals surface area contributed by atoms with Gasteiger partial charge in [0.1, 0.15) is 0 Å². The van der Waals surface area contributed by atoms with Crippen LogP contribution in [-0.4, -0.2) is 18.4 Å². The molecule has 116 valence electrons. The molecule has 0 spiro atoms. The number of amides is 2. The standard InChI is InChI=1S/C15H22BrN3O2/c1-9(2)15(21)19-18-14(20)8-17-11(4)12-5-6-13(16)10(3)7-12/h5-7,9,11,17H,8H2,1-4H3,(H,18,20)(H,19,21)/t11-/m1/s1. The molecule has 1 atom stereocenters. The minimum atomic E-state index is -0.273. The fourth-order valence-electron chi connectivity index (χ4n) is 1.62. The van der Waals surface area contributed by atoms with Gasteiger partial charge in [-0.2, -0.15) is 0 Å². The van der Waals surface area contributed by atoms with Gasteiger partial charge in [-0.15, -0.1) is 0 Å². The number of hydrazine groups is 1. The Morgan fingerprint density at radius 1 is 1.19 bits per heavy atom. The molecule has 3 N–H and O–H groups in total. The van der Waals surface area contributed by atoms with E-state index in [1.54, 1.807) is 13.8 Å². The van der Waals surface area contributed by atoms with E-state index in [4.69, 9.17) is 0 Å².